The van der Waals surface area contributed by atoms with Crippen molar-refractivity contribution >= 4 is 17.2 Å². The van der Waals surface area contributed by atoms with Gasteiger partial charge in [-0.3, -0.25) is 0 Å². The zero-order chi connectivity index (χ0) is 8.39. The summed E-state index contributed by atoms with van der Waals surface area (Å²) in [6.45, 7) is 0. The van der Waals surface area contributed by atoms with Gasteiger partial charge in [-0.15, -0.1) is 0 Å². The van der Waals surface area contributed by atoms with Crippen LogP contribution in [-0.4, -0.2) is 21.4 Å². The van der Waals surface area contributed by atoms with Gasteiger partial charge in [0.05, 0.1) is 23.6 Å². The van der Waals surface area contributed by atoms with Crippen LogP contribution in [-0.2, 0) is 0 Å². The van der Waals surface area contributed by atoms with Gasteiger partial charge in [0.25, 0.3) is 0 Å². The van der Waals surface area contributed by atoms with E-state index in [1.54, 1.807) is 6.33 Å². The minimum Gasteiger partial charge on any atom is -0.411 e. The van der Waals surface area contributed by atoms with E-state index in [2.05, 4.69) is 15.1 Å². The molecule has 2 aromatic rings. The average Bonchev–Trinajstić information content (AvgIpc) is 2.53. The van der Waals surface area contributed by atoms with Crippen LogP contribution in [0.15, 0.2) is 29.7 Å². The smallest absolute Gasteiger partial charge is 0.0932 e. The lowest BCUT2D eigenvalue weighted by molar-refractivity contribution is 0.322. The van der Waals surface area contributed by atoms with Crippen LogP contribution in [0.5, 0.6) is 0 Å². The summed E-state index contributed by atoms with van der Waals surface area (Å²) >= 11 is 0. The number of nitrogens with zero attached hydrogens (tertiary/aromatic N) is 2. The molecule has 1 aromatic carbocycles. The predicted molar refractivity (Wildman–Crippen MR) is 45.5 cm³/mol. The fraction of sp³-hybridized carbons (Fsp3) is 0. The number of rotatable bonds is 1. The van der Waals surface area contributed by atoms with E-state index < -0.39 is 0 Å². The van der Waals surface area contributed by atoms with Crippen LogP contribution in [0, 0.1) is 0 Å². The lowest BCUT2D eigenvalue weighted by Crippen LogP contribution is -1.82. The highest BCUT2D eigenvalue weighted by atomic mass is 16.4. The van der Waals surface area contributed by atoms with E-state index in [4.69, 9.17) is 5.21 Å². The van der Waals surface area contributed by atoms with Gasteiger partial charge in [0.1, 0.15) is 0 Å². The van der Waals surface area contributed by atoms with Crippen LogP contribution < -0.4 is 0 Å². The van der Waals surface area contributed by atoms with Crippen LogP contribution in [0.25, 0.3) is 11.0 Å². The largest absolute Gasteiger partial charge is 0.411 e. The third kappa shape index (κ3) is 0.934. The molecule has 60 valence electrons. The zero-order valence-corrected chi connectivity index (χ0v) is 6.23. The van der Waals surface area contributed by atoms with Gasteiger partial charge in [-0.05, 0) is 6.07 Å². The topological polar surface area (TPSA) is 61.3 Å². The highest BCUT2D eigenvalue weighted by molar-refractivity contribution is 5.95. The fourth-order valence-electron chi connectivity index (χ4n) is 1.16. The van der Waals surface area contributed by atoms with Gasteiger partial charge in [0, 0.05) is 5.56 Å². The molecule has 0 spiro atoms. The molecule has 2 N–H and O–H groups in total. The second kappa shape index (κ2) is 2.65. The molecular weight excluding hydrogens is 154 g/mol. The number of para-hydroxylation sites is 1. The quantitative estimate of drug-likeness (QED) is 0.377. The van der Waals surface area contributed by atoms with E-state index in [1.807, 2.05) is 18.2 Å². The Bertz CT molecular complexity index is 419. The van der Waals surface area contributed by atoms with Crippen molar-refractivity contribution in [2.75, 3.05) is 0 Å². The molecule has 0 radical (unpaired) electrons. The van der Waals surface area contributed by atoms with Crippen molar-refractivity contribution in [3.63, 3.8) is 0 Å². The van der Waals surface area contributed by atoms with Crippen molar-refractivity contribution in [1.29, 1.82) is 0 Å². The van der Waals surface area contributed by atoms with Gasteiger partial charge in [-0.2, -0.15) is 0 Å². The number of benzene rings is 1. The van der Waals surface area contributed by atoms with Gasteiger partial charge in [0.2, 0.25) is 0 Å². The Morgan fingerprint density at radius 1 is 1.50 bits per heavy atom. The van der Waals surface area contributed by atoms with Crippen LogP contribution >= 0.6 is 0 Å². The summed E-state index contributed by atoms with van der Waals surface area (Å²) in [6.07, 6.45) is 2.99. The second-order valence-electron chi connectivity index (χ2n) is 2.39. The maximum Gasteiger partial charge on any atom is 0.0932 e. The van der Waals surface area contributed by atoms with Crippen molar-refractivity contribution in [3.05, 3.63) is 30.1 Å². The van der Waals surface area contributed by atoms with Gasteiger partial charge in [0.15, 0.2) is 0 Å². The summed E-state index contributed by atoms with van der Waals surface area (Å²) in [5.74, 6) is 0. The van der Waals surface area contributed by atoms with Crippen LogP contribution in [0.1, 0.15) is 5.56 Å². The first kappa shape index (κ1) is 6.84. The lowest BCUT2D eigenvalue weighted by atomic mass is 10.2. The lowest BCUT2D eigenvalue weighted by Gasteiger charge is -1.92. The molecule has 4 heteroatoms. The molecule has 12 heavy (non-hydrogen) atoms. The molecule has 4 nitrogen and oxygen atoms in total. The summed E-state index contributed by atoms with van der Waals surface area (Å²) in [4.78, 5) is 7.02. The maximum atomic E-state index is 8.35. The van der Waals surface area contributed by atoms with Crippen LogP contribution in [0.4, 0.5) is 0 Å². The minimum atomic E-state index is 0.826. The molecule has 0 aliphatic carbocycles. The minimum absolute atomic E-state index is 0.826. The zero-order valence-electron chi connectivity index (χ0n) is 6.23. The molecule has 1 heterocycles. The molecule has 0 fully saturated rings. The highest BCUT2D eigenvalue weighted by Gasteiger charge is 1.98. The summed E-state index contributed by atoms with van der Waals surface area (Å²) in [5.41, 5.74) is 2.58. The molecule has 0 aliphatic heterocycles. The number of imidazole rings is 1. The molecule has 0 atom stereocenters. The number of H-pyrrole nitrogens is 1. The number of aromatic amines is 1. The first-order valence-electron chi connectivity index (χ1n) is 3.51. The van der Waals surface area contributed by atoms with Crippen molar-refractivity contribution in [3.8, 4) is 0 Å². The Morgan fingerprint density at radius 3 is 3.25 bits per heavy atom. The molecule has 0 aliphatic rings. The van der Waals surface area contributed by atoms with E-state index in [1.165, 1.54) is 6.21 Å². The SMILES string of the molecule is O/N=C/c1cccc2nc[nH]c12. The van der Waals surface area contributed by atoms with Crippen molar-refractivity contribution in [2.24, 2.45) is 5.16 Å². The standard InChI is InChI=1S/C8H7N3O/c12-11-4-6-2-1-3-7-8(6)10-5-9-7/h1-5,12H,(H,9,10)/b11-4+. The summed E-state index contributed by atoms with van der Waals surface area (Å²) in [7, 11) is 0. The normalized spacial score (nSPS) is 11.3. The number of hydrogen-bond donors (Lipinski definition) is 2. The first-order valence-corrected chi connectivity index (χ1v) is 3.51. The Morgan fingerprint density at radius 2 is 2.42 bits per heavy atom. The molecule has 0 saturated carbocycles. The Balaban J connectivity index is 2.73. The summed E-state index contributed by atoms with van der Waals surface area (Å²) in [6, 6.07) is 5.60. The molecular formula is C8H7N3O. The van der Waals surface area contributed by atoms with Crippen molar-refractivity contribution in [1.82, 2.24) is 9.97 Å². The third-order valence-corrected chi connectivity index (χ3v) is 1.68. The summed E-state index contributed by atoms with van der Waals surface area (Å²) in [5, 5.41) is 11.3. The summed E-state index contributed by atoms with van der Waals surface area (Å²) < 4.78 is 0. The molecule has 2 rings (SSSR count). The van der Waals surface area contributed by atoms with Gasteiger partial charge in [-0.25, -0.2) is 4.98 Å². The van der Waals surface area contributed by atoms with E-state index in [0.717, 1.165) is 16.6 Å². The monoisotopic (exact) mass is 161 g/mol. The molecule has 0 saturated heterocycles. The van der Waals surface area contributed by atoms with E-state index in [0.29, 0.717) is 0 Å². The average molecular weight is 161 g/mol. The Labute approximate surface area is 68.6 Å². The number of oxime groups is 1. The highest BCUT2D eigenvalue weighted by Crippen LogP contribution is 2.11. The van der Waals surface area contributed by atoms with Crippen molar-refractivity contribution < 1.29 is 5.21 Å². The van der Waals surface area contributed by atoms with Gasteiger partial charge in [-0.1, -0.05) is 17.3 Å². The number of fused-ring (bicyclic) bond motifs is 1. The first-order chi connectivity index (χ1) is 5.92. The second-order valence-corrected chi connectivity index (χ2v) is 2.39. The van der Waals surface area contributed by atoms with E-state index in [9.17, 15) is 0 Å². The molecule has 1 aromatic heterocycles. The maximum absolute atomic E-state index is 8.35. The predicted octanol–water partition coefficient (Wildman–Crippen LogP) is 1.37. The van der Waals surface area contributed by atoms with Gasteiger partial charge < -0.3 is 10.2 Å². The number of hydrogen-bond acceptors (Lipinski definition) is 3. The Hall–Kier alpha value is -1.84. The number of nitrogens with one attached hydrogen (secondary N) is 1. The van der Waals surface area contributed by atoms with E-state index in [-0.39, 0.29) is 0 Å². The molecule has 0 unspecified atom stereocenters. The Kier molecular flexibility index (Phi) is 1.51. The van der Waals surface area contributed by atoms with Crippen LogP contribution in [0.3, 0.4) is 0 Å². The van der Waals surface area contributed by atoms with Crippen LogP contribution in [0.2, 0.25) is 0 Å². The molecule has 0 bridgehead atoms. The van der Waals surface area contributed by atoms with Gasteiger partial charge >= 0.3 is 0 Å². The van der Waals surface area contributed by atoms with Crippen molar-refractivity contribution in [2.45, 2.75) is 0 Å². The number of aromatic nitrogens is 2. The fourth-order valence-corrected chi connectivity index (χ4v) is 1.16. The molecule has 0 amide bonds. The third-order valence-electron chi connectivity index (χ3n) is 1.68. The van der Waals surface area contributed by atoms with E-state index >= 15 is 0 Å².